The van der Waals surface area contributed by atoms with Crippen molar-refractivity contribution in [1.29, 1.82) is 0 Å². The van der Waals surface area contributed by atoms with Crippen LogP contribution in [0, 0.1) is 6.92 Å². The highest BCUT2D eigenvalue weighted by molar-refractivity contribution is 5.95. The molecule has 3 nitrogen and oxygen atoms in total. The van der Waals surface area contributed by atoms with Gasteiger partial charge in [-0.05, 0) is 49.9 Å². The lowest BCUT2D eigenvalue weighted by Crippen LogP contribution is -2.36. The van der Waals surface area contributed by atoms with Gasteiger partial charge in [0, 0.05) is 35.2 Å². The van der Waals surface area contributed by atoms with Crippen molar-refractivity contribution in [1.82, 2.24) is 9.88 Å². The number of amides is 1. The van der Waals surface area contributed by atoms with Crippen molar-refractivity contribution in [2.75, 3.05) is 6.54 Å². The van der Waals surface area contributed by atoms with Crippen LogP contribution in [0.1, 0.15) is 34.3 Å². The van der Waals surface area contributed by atoms with Crippen molar-refractivity contribution in [2.45, 2.75) is 32.2 Å². The predicted molar refractivity (Wildman–Crippen MR) is 97.2 cm³/mol. The van der Waals surface area contributed by atoms with E-state index in [4.69, 9.17) is 0 Å². The van der Waals surface area contributed by atoms with E-state index in [1.54, 1.807) is 0 Å². The standard InChI is InChI=1S/C21H22N2O/c1-15-6-4-7-16(12-15)21(24)23-11-5-8-18(23)13-17-14-22-20-10-3-2-9-19(17)20/h2-4,6-7,9-10,12,14,18,22H,5,8,11,13H2,1H3. The monoisotopic (exact) mass is 318 g/mol. The average molecular weight is 318 g/mol. The molecule has 1 amide bonds. The quantitative estimate of drug-likeness (QED) is 0.767. The number of carbonyl (C=O) groups is 1. The van der Waals surface area contributed by atoms with Crippen LogP contribution in [0.25, 0.3) is 10.9 Å². The van der Waals surface area contributed by atoms with Gasteiger partial charge in [0.25, 0.3) is 5.91 Å². The molecule has 1 aromatic heterocycles. The third kappa shape index (κ3) is 2.71. The van der Waals surface area contributed by atoms with E-state index in [1.807, 2.05) is 37.3 Å². The van der Waals surface area contributed by atoms with Crippen LogP contribution >= 0.6 is 0 Å². The van der Waals surface area contributed by atoms with Gasteiger partial charge in [0.15, 0.2) is 0 Å². The van der Waals surface area contributed by atoms with Crippen LogP contribution in [0.2, 0.25) is 0 Å². The van der Waals surface area contributed by atoms with Gasteiger partial charge in [0.2, 0.25) is 0 Å². The number of fused-ring (bicyclic) bond motifs is 1. The maximum atomic E-state index is 12.9. The van der Waals surface area contributed by atoms with E-state index < -0.39 is 0 Å². The van der Waals surface area contributed by atoms with Crippen LogP contribution in [-0.4, -0.2) is 28.4 Å². The summed E-state index contributed by atoms with van der Waals surface area (Å²) in [7, 11) is 0. The highest BCUT2D eigenvalue weighted by atomic mass is 16.2. The topological polar surface area (TPSA) is 36.1 Å². The number of aromatic nitrogens is 1. The lowest BCUT2D eigenvalue weighted by Gasteiger charge is -2.25. The predicted octanol–water partition coefficient (Wildman–Crippen LogP) is 4.32. The maximum Gasteiger partial charge on any atom is 0.254 e. The normalized spacial score (nSPS) is 17.5. The molecular weight excluding hydrogens is 296 g/mol. The van der Waals surface area contributed by atoms with Gasteiger partial charge < -0.3 is 9.88 Å². The fourth-order valence-corrected chi connectivity index (χ4v) is 3.81. The lowest BCUT2D eigenvalue weighted by atomic mass is 10.0. The second-order valence-corrected chi connectivity index (χ2v) is 6.73. The van der Waals surface area contributed by atoms with Crippen LogP contribution < -0.4 is 0 Å². The number of H-pyrrole nitrogens is 1. The number of nitrogens with one attached hydrogen (secondary N) is 1. The lowest BCUT2D eigenvalue weighted by molar-refractivity contribution is 0.0736. The number of aromatic amines is 1. The Morgan fingerprint density at radius 2 is 2.08 bits per heavy atom. The Morgan fingerprint density at radius 1 is 1.21 bits per heavy atom. The van der Waals surface area contributed by atoms with Gasteiger partial charge in [0.1, 0.15) is 0 Å². The number of hydrogen-bond acceptors (Lipinski definition) is 1. The molecule has 2 aromatic carbocycles. The largest absolute Gasteiger partial charge is 0.361 e. The van der Waals surface area contributed by atoms with E-state index in [-0.39, 0.29) is 11.9 Å². The summed E-state index contributed by atoms with van der Waals surface area (Å²) >= 11 is 0. The minimum atomic E-state index is 0.168. The first-order valence-corrected chi connectivity index (χ1v) is 8.65. The van der Waals surface area contributed by atoms with Crippen LogP contribution in [-0.2, 0) is 6.42 Å². The fraction of sp³-hybridized carbons (Fsp3) is 0.286. The molecule has 122 valence electrons. The Hall–Kier alpha value is -2.55. The Balaban J connectivity index is 1.58. The van der Waals surface area contributed by atoms with Gasteiger partial charge >= 0.3 is 0 Å². The second-order valence-electron chi connectivity index (χ2n) is 6.73. The van der Waals surface area contributed by atoms with Crippen LogP contribution in [0.15, 0.2) is 54.7 Å². The van der Waals surface area contributed by atoms with Gasteiger partial charge in [-0.2, -0.15) is 0 Å². The summed E-state index contributed by atoms with van der Waals surface area (Å²) in [6.07, 6.45) is 5.18. The molecule has 1 aliphatic heterocycles. The number of likely N-dealkylation sites (tertiary alicyclic amines) is 1. The maximum absolute atomic E-state index is 12.9. The smallest absolute Gasteiger partial charge is 0.254 e. The molecule has 3 aromatic rings. The number of benzene rings is 2. The molecule has 2 heterocycles. The first-order chi connectivity index (χ1) is 11.7. The molecule has 0 aliphatic carbocycles. The van der Waals surface area contributed by atoms with E-state index in [0.29, 0.717) is 0 Å². The minimum absolute atomic E-state index is 0.168. The van der Waals surface area contributed by atoms with Crippen molar-refractivity contribution in [3.05, 3.63) is 71.4 Å². The molecule has 3 heteroatoms. The molecule has 0 saturated carbocycles. The van der Waals surface area contributed by atoms with Crippen molar-refractivity contribution in [3.8, 4) is 0 Å². The highest BCUT2D eigenvalue weighted by Gasteiger charge is 2.30. The zero-order chi connectivity index (χ0) is 16.5. The third-order valence-electron chi connectivity index (χ3n) is 5.03. The summed E-state index contributed by atoms with van der Waals surface area (Å²) in [5.74, 6) is 0.168. The number of aryl methyl sites for hydroxylation is 1. The fourth-order valence-electron chi connectivity index (χ4n) is 3.81. The van der Waals surface area contributed by atoms with E-state index >= 15 is 0 Å². The molecule has 1 atom stereocenters. The molecule has 4 rings (SSSR count). The SMILES string of the molecule is Cc1cccc(C(=O)N2CCCC2Cc2c[nH]c3ccccc23)c1. The van der Waals surface area contributed by atoms with E-state index in [0.717, 1.165) is 36.9 Å². The Labute approximate surface area is 142 Å². The van der Waals surface area contributed by atoms with Crippen LogP contribution in [0.3, 0.4) is 0 Å². The summed E-state index contributed by atoms with van der Waals surface area (Å²) in [5, 5.41) is 1.27. The molecule has 1 N–H and O–H groups in total. The molecule has 1 aliphatic rings. The van der Waals surface area contributed by atoms with Crippen molar-refractivity contribution in [2.24, 2.45) is 0 Å². The van der Waals surface area contributed by atoms with E-state index in [9.17, 15) is 4.79 Å². The molecule has 0 bridgehead atoms. The second kappa shape index (κ2) is 6.16. The number of rotatable bonds is 3. The van der Waals surface area contributed by atoms with Crippen molar-refractivity contribution in [3.63, 3.8) is 0 Å². The Morgan fingerprint density at radius 3 is 2.96 bits per heavy atom. The van der Waals surface area contributed by atoms with Crippen molar-refractivity contribution >= 4 is 16.8 Å². The minimum Gasteiger partial charge on any atom is -0.361 e. The zero-order valence-corrected chi connectivity index (χ0v) is 14.0. The number of hydrogen-bond donors (Lipinski definition) is 1. The summed E-state index contributed by atoms with van der Waals surface area (Å²) in [6.45, 7) is 2.89. The molecule has 0 spiro atoms. The third-order valence-corrected chi connectivity index (χ3v) is 5.03. The van der Waals surface area contributed by atoms with Gasteiger partial charge in [-0.15, -0.1) is 0 Å². The number of nitrogens with zero attached hydrogens (tertiary/aromatic N) is 1. The number of carbonyl (C=O) groups excluding carboxylic acids is 1. The average Bonchev–Trinajstić information content (AvgIpc) is 3.22. The number of para-hydroxylation sites is 1. The summed E-state index contributed by atoms with van der Waals surface area (Å²) in [5.41, 5.74) is 4.41. The van der Waals surface area contributed by atoms with Crippen molar-refractivity contribution < 1.29 is 4.79 Å². The molecule has 0 radical (unpaired) electrons. The summed E-state index contributed by atoms with van der Waals surface area (Å²) in [4.78, 5) is 18.3. The van der Waals surface area contributed by atoms with Gasteiger partial charge in [-0.1, -0.05) is 35.9 Å². The highest BCUT2D eigenvalue weighted by Crippen LogP contribution is 2.27. The van der Waals surface area contributed by atoms with Crippen LogP contribution in [0.5, 0.6) is 0 Å². The molecule has 1 unspecified atom stereocenters. The van der Waals surface area contributed by atoms with E-state index in [2.05, 4.69) is 34.3 Å². The summed E-state index contributed by atoms with van der Waals surface area (Å²) < 4.78 is 0. The molecule has 1 fully saturated rings. The first-order valence-electron chi connectivity index (χ1n) is 8.65. The first kappa shape index (κ1) is 15.0. The molecular formula is C21H22N2O. The van der Waals surface area contributed by atoms with Gasteiger partial charge in [-0.3, -0.25) is 4.79 Å². The Bertz CT molecular complexity index is 880. The van der Waals surface area contributed by atoms with Crippen LogP contribution in [0.4, 0.5) is 0 Å². The zero-order valence-electron chi connectivity index (χ0n) is 14.0. The van der Waals surface area contributed by atoms with Gasteiger partial charge in [-0.25, -0.2) is 0 Å². The van der Waals surface area contributed by atoms with E-state index in [1.165, 1.54) is 16.5 Å². The molecule has 24 heavy (non-hydrogen) atoms. The molecule has 1 saturated heterocycles. The Kier molecular flexibility index (Phi) is 3.85. The van der Waals surface area contributed by atoms with Gasteiger partial charge in [0.05, 0.1) is 0 Å². The summed E-state index contributed by atoms with van der Waals surface area (Å²) in [6, 6.07) is 16.6.